The second-order valence-electron chi connectivity index (χ2n) is 7.35. The Kier molecular flexibility index (Phi) is 3.01. The van der Waals surface area contributed by atoms with Crippen LogP contribution in [-0.4, -0.2) is 22.1 Å². The van der Waals surface area contributed by atoms with E-state index in [0.29, 0.717) is 5.92 Å². The summed E-state index contributed by atoms with van der Waals surface area (Å²) in [5.41, 5.74) is 0.135. The molecule has 3 unspecified atom stereocenters. The monoisotopic (exact) mass is 292 g/mol. The summed E-state index contributed by atoms with van der Waals surface area (Å²) in [4.78, 5) is 15.3. The van der Waals surface area contributed by atoms with Gasteiger partial charge in [-0.15, -0.1) is 0 Å². The van der Waals surface area contributed by atoms with E-state index in [1.165, 1.54) is 6.42 Å². The summed E-state index contributed by atoms with van der Waals surface area (Å²) in [6.07, 6.45) is 4.59. The standard InChI is InChI=1S/C16H21FN2O2/c1-15(2)9-4-5-16(3,7-9)14(15)19-12-11(13(20)21)6-10(17)8-18-12/h6,8-9,14H,4-5,7H2,1-3H3,(H,18,19)(H,20,21). The van der Waals surface area contributed by atoms with Crippen LogP contribution in [0.4, 0.5) is 10.2 Å². The van der Waals surface area contributed by atoms with Crippen molar-refractivity contribution in [2.24, 2.45) is 16.7 Å². The Morgan fingerprint density at radius 1 is 1.48 bits per heavy atom. The van der Waals surface area contributed by atoms with Crippen molar-refractivity contribution in [2.45, 2.75) is 46.1 Å². The first kappa shape index (κ1) is 14.3. The second-order valence-corrected chi connectivity index (χ2v) is 7.35. The molecule has 5 heteroatoms. The lowest BCUT2D eigenvalue weighted by Crippen LogP contribution is -2.46. The second kappa shape index (κ2) is 4.42. The number of aromatic carboxylic acids is 1. The fourth-order valence-electron chi connectivity index (χ4n) is 4.52. The zero-order valence-corrected chi connectivity index (χ0v) is 12.6. The van der Waals surface area contributed by atoms with Crippen LogP contribution in [0.1, 0.15) is 50.4 Å². The molecule has 2 bridgehead atoms. The fraction of sp³-hybridized carbons (Fsp3) is 0.625. The molecule has 2 fully saturated rings. The molecule has 2 N–H and O–H groups in total. The predicted molar refractivity (Wildman–Crippen MR) is 77.8 cm³/mol. The van der Waals surface area contributed by atoms with E-state index in [4.69, 9.17) is 0 Å². The van der Waals surface area contributed by atoms with Crippen molar-refractivity contribution < 1.29 is 14.3 Å². The highest BCUT2D eigenvalue weighted by atomic mass is 19.1. The van der Waals surface area contributed by atoms with Gasteiger partial charge in [0, 0.05) is 6.04 Å². The Balaban J connectivity index is 1.96. The van der Waals surface area contributed by atoms with Gasteiger partial charge in [-0.05, 0) is 42.1 Å². The van der Waals surface area contributed by atoms with Gasteiger partial charge in [-0.3, -0.25) is 0 Å². The first-order valence-electron chi connectivity index (χ1n) is 7.39. The Bertz CT molecular complexity index is 597. The zero-order valence-electron chi connectivity index (χ0n) is 12.6. The molecule has 114 valence electrons. The molecule has 0 amide bonds. The van der Waals surface area contributed by atoms with Gasteiger partial charge < -0.3 is 10.4 Å². The zero-order chi connectivity index (χ0) is 15.4. The quantitative estimate of drug-likeness (QED) is 0.894. The van der Waals surface area contributed by atoms with E-state index in [2.05, 4.69) is 31.1 Å². The van der Waals surface area contributed by atoms with Gasteiger partial charge in [0.25, 0.3) is 0 Å². The van der Waals surface area contributed by atoms with Crippen LogP contribution in [0.25, 0.3) is 0 Å². The number of hydrogen-bond acceptors (Lipinski definition) is 3. The molecule has 1 aromatic rings. The van der Waals surface area contributed by atoms with Gasteiger partial charge in [0.1, 0.15) is 17.2 Å². The molecule has 0 saturated heterocycles. The highest BCUT2D eigenvalue weighted by Crippen LogP contribution is 2.63. The number of halogens is 1. The third kappa shape index (κ3) is 2.10. The minimum Gasteiger partial charge on any atom is -0.478 e. The van der Waals surface area contributed by atoms with E-state index < -0.39 is 11.8 Å². The normalized spacial score (nSPS) is 33.1. The average Bonchev–Trinajstić information content (AvgIpc) is 2.87. The van der Waals surface area contributed by atoms with Crippen molar-refractivity contribution in [1.82, 2.24) is 4.98 Å². The number of carbonyl (C=O) groups is 1. The first-order chi connectivity index (χ1) is 9.74. The number of rotatable bonds is 3. The first-order valence-corrected chi connectivity index (χ1v) is 7.39. The number of aromatic nitrogens is 1. The molecule has 4 nitrogen and oxygen atoms in total. The average molecular weight is 292 g/mol. The van der Waals surface area contributed by atoms with Crippen molar-refractivity contribution in [2.75, 3.05) is 5.32 Å². The van der Waals surface area contributed by atoms with E-state index in [-0.39, 0.29) is 28.3 Å². The number of hydrogen-bond donors (Lipinski definition) is 2. The molecule has 0 aromatic carbocycles. The van der Waals surface area contributed by atoms with Crippen LogP contribution in [0.2, 0.25) is 0 Å². The maximum Gasteiger partial charge on any atom is 0.339 e. The molecule has 0 spiro atoms. The summed E-state index contributed by atoms with van der Waals surface area (Å²) < 4.78 is 13.2. The largest absolute Gasteiger partial charge is 0.478 e. The van der Waals surface area contributed by atoms with Crippen molar-refractivity contribution in [3.05, 3.63) is 23.6 Å². The number of carboxylic acid groups (broad SMARTS) is 1. The number of fused-ring (bicyclic) bond motifs is 2. The molecule has 3 rings (SSSR count). The summed E-state index contributed by atoms with van der Waals surface area (Å²) >= 11 is 0. The summed E-state index contributed by atoms with van der Waals surface area (Å²) in [6.45, 7) is 6.71. The maximum absolute atomic E-state index is 13.2. The fourth-order valence-corrected chi connectivity index (χ4v) is 4.52. The van der Waals surface area contributed by atoms with E-state index >= 15 is 0 Å². The van der Waals surface area contributed by atoms with Crippen molar-refractivity contribution in [3.63, 3.8) is 0 Å². The molecular weight excluding hydrogens is 271 g/mol. The van der Waals surface area contributed by atoms with Gasteiger partial charge in [-0.1, -0.05) is 20.8 Å². The molecule has 2 aliphatic carbocycles. The van der Waals surface area contributed by atoms with Crippen molar-refractivity contribution in [3.8, 4) is 0 Å². The third-order valence-corrected chi connectivity index (χ3v) is 5.64. The van der Waals surface area contributed by atoms with Crippen molar-refractivity contribution in [1.29, 1.82) is 0 Å². The highest BCUT2D eigenvalue weighted by molar-refractivity contribution is 5.93. The number of pyridine rings is 1. The van der Waals surface area contributed by atoms with Crippen LogP contribution in [0, 0.1) is 22.6 Å². The smallest absolute Gasteiger partial charge is 0.339 e. The molecule has 0 aliphatic heterocycles. The summed E-state index contributed by atoms with van der Waals surface area (Å²) in [7, 11) is 0. The highest BCUT2D eigenvalue weighted by Gasteiger charge is 2.59. The predicted octanol–water partition coefficient (Wildman–Crippen LogP) is 3.55. The van der Waals surface area contributed by atoms with Gasteiger partial charge in [0.15, 0.2) is 0 Å². The van der Waals surface area contributed by atoms with Crippen LogP contribution in [-0.2, 0) is 0 Å². The molecule has 1 aromatic heterocycles. The van der Waals surface area contributed by atoms with Crippen LogP contribution in [0.5, 0.6) is 0 Å². The molecule has 1 heterocycles. The third-order valence-electron chi connectivity index (χ3n) is 5.64. The number of anilines is 1. The van der Waals surface area contributed by atoms with Gasteiger partial charge in [0.05, 0.1) is 6.20 Å². The number of nitrogens with one attached hydrogen (secondary N) is 1. The lowest BCUT2D eigenvalue weighted by Gasteiger charge is -2.43. The number of carboxylic acids is 1. The summed E-state index contributed by atoms with van der Waals surface area (Å²) in [5.74, 6) is -0.864. The molecule has 2 aliphatic rings. The molecule has 3 atom stereocenters. The SMILES string of the molecule is CC12CCC(C1)C(C)(C)C2Nc1ncc(F)cc1C(=O)O. The van der Waals surface area contributed by atoms with E-state index in [1.807, 2.05) is 0 Å². The Morgan fingerprint density at radius 3 is 2.76 bits per heavy atom. The van der Waals surface area contributed by atoms with Crippen LogP contribution in [0.3, 0.4) is 0 Å². The minimum absolute atomic E-state index is 0.0822. The molecule has 2 saturated carbocycles. The number of nitrogens with zero attached hydrogens (tertiary/aromatic N) is 1. The van der Waals surface area contributed by atoms with Gasteiger partial charge in [-0.2, -0.15) is 0 Å². The van der Waals surface area contributed by atoms with Gasteiger partial charge in [-0.25, -0.2) is 14.2 Å². The van der Waals surface area contributed by atoms with Crippen LogP contribution < -0.4 is 5.32 Å². The minimum atomic E-state index is -1.16. The van der Waals surface area contributed by atoms with Crippen LogP contribution >= 0.6 is 0 Å². The van der Waals surface area contributed by atoms with E-state index in [0.717, 1.165) is 25.1 Å². The topological polar surface area (TPSA) is 62.2 Å². The van der Waals surface area contributed by atoms with Gasteiger partial charge in [0.2, 0.25) is 0 Å². The molecular formula is C16H21FN2O2. The molecule has 21 heavy (non-hydrogen) atoms. The Hall–Kier alpha value is -1.65. The Morgan fingerprint density at radius 2 is 2.19 bits per heavy atom. The summed E-state index contributed by atoms with van der Waals surface area (Å²) in [6, 6.07) is 1.18. The van der Waals surface area contributed by atoms with Crippen LogP contribution in [0.15, 0.2) is 12.3 Å². The Labute approximate surface area is 123 Å². The molecule has 0 radical (unpaired) electrons. The van der Waals surface area contributed by atoms with E-state index in [1.54, 1.807) is 0 Å². The van der Waals surface area contributed by atoms with Crippen molar-refractivity contribution >= 4 is 11.8 Å². The lowest BCUT2D eigenvalue weighted by molar-refractivity contribution is 0.0696. The van der Waals surface area contributed by atoms with E-state index in [9.17, 15) is 14.3 Å². The lowest BCUT2D eigenvalue weighted by atomic mass is 9.68. The maximum atomic E-state index is 13.2. The van der Waals surface area contributed by atoms with Gasteiger partial charge >= 0.3 is 5.97 Å². The summed E-state index contributed by atoms with van der Waals surface area (Å²) in [5, 5.41) is 12.6.